The van der Waals surface area contributed by atoms with Crippen LogP contribution in [0, 0.1) is 0 Å². The lowest BCUT2D eigenvalue weighted by Gasteiger charge is -2.45. The summed E-state index contributed by atoms with van der Waals surface area (Å²) in [4.78, 5) is 5.35. The van der Waals surface area contributed by atoms with Crippen molar-refractivity contribution >= 4 is 78.0 Å². The van der Waals surface area contributed by atoms with Crippen molar-refractivity contribution < 1.29 is 0 Å². The van der Waals surface area contributed by atoms with Gasteiger partial charge in [0, 0.05) is 43.2 Å². The average Bonchev–Trinajstić information content (AvgIpc) is 3.62. The summed E-state index contributed by atoms with van der Waals surface area (Å²) in [6.07, 6.45) is 0. The smallest absolute Gasteiger partial charge is 0.264 e. The number of fused-ring (bicyclic) bond motifs is 6. The van der Waals surface area contributed by atoms with E-state index in [1.807, 2.05) is 11.3 Å². The lowest BCUT2D eigenvalue weighted by molar-refractivity contribution is 0.569. The number of hydrogen-bond donors (Lipinski definition) is 0. The van der Waals surface area contributed by atoms with Crippen LogP contribution in [0.3, 0.4) is 0 Å². The molecule has 0 radical (unpaired) electrons. The van der Waals surface area contributed by atoms with Crippen molar-refractivity contribution in [2.45, 2.75) is 183 Å². The Bertz CT molecular complexity index is 3150. The van der Waals surface area contributed by atoms with Crippen molar-refractivity contribution in [1.82, 2.24) is 0 Å². The van der Waals surface area contributed by atoms with E-state index in [0.717, 1.165) is 0 Å². The Morgan fingerprint density at radius 2 is 0.786 bits per heavy atom. The van der Waals surface area contributed by atoms with Crippen LogP contribution in [-0.2, 0) is 37.9 Å². The van der Waals surface area contributed by atoms with Gasteiger partial charge in [-0.2, -0.15) is 0 Å². The Kier molecular flexibility index (Phi) is 11.6. The van der Waals surface area contributed by atoms with Gasteiger partial charge >= 0.3 is 0 Å². The summed E-state index contributed by atoms with van der Waals surface area (Å²) in [5, 5.41) is 1.34. The van der Waals surface area contributed by atoms with Crippen LogP contribution >= 0.6 is 11.3 Å². The fourth-order valence-electron chi connectivity index (χ4n) is 10.6. The number of nitrogens with zero attached hydrogens (tertiary/aromatic N) is 2. The summed E-state index contributed by atoms with van der Waals surface area (Å²) in [6.45, 7) is 49.5. The zero-order chi connectivity index (χ0) is 51.2. The van der Waals surface area contributed by atoms with E-state index in [1.54, 1.807) is 0 Å². The van der Waals surface area contributed by atoms with E-state index in [9.17, 15) is 0 Å². The maximum absolute atomic E-state index is 2.69. The summed E-state index contributed by atoms with van der Waals surface area (Å²) >= 11 is 2.00. The highest BCUT2D eigenvalue weighted by Crippen LogP contribution is 2.52. The molecular formula is C66H81BN2S. The first-order valence-electron chi connectivity index (χ1n) is 26.0. The summed E-state index contributed by atoms with van der Waals surface area (Å²) in [6, 6.07) is 44.3. The van der Waals surface area contributed by atoms with Crippen LogP contribution in [0.5, 0.6) is 0 Å². The van der Waals surface area contributed by atoms with E-state index in [-0.39, 0.29) is 44.6 Å². The van der Waals surface area contributed by atoms with Gasteiger partial charge in [-0.3, -0.25) is 0 Å². The highest BCUT2D eigenvalue weighted by atomic mass is 32.1. The molecule has 3 heterocycles. The lowest BCUT2D eigenvalue weighted by Crippen LogP contribution is -2.60. The first kappa shape index (κ1) is 49.9. The number of benzene rings is 6. The number of thiophene rings is 1. The Morgan fingerprint density at radius 3 is 1.30 bits per heavy atom. The molecule has 4 heteroatoms. The predicted octanol–water partition coefficient (Wildman–Crippen LogP) is 17.7. The molecule has 1 aromatic heterocycles. The fraction of sp³-hybridized carbons (Fsp3) is 0.424. The number of anilines is 6. The van der Waals surface area contributed by atoms with E-state index in [2.05, 4.69) is 264 Å². The van der Waals surface area contributed by atoms with Crippen molar-refractivity contribution in [3.05, 3.63) is 148 Å². The average molecular weight is 945 g/mol. The van der Waals surface area contributed by atoms with Gasteiger partial charge in [-0.1, -0.05) is 200 Å². The minimum absolute atomic E-state index is 0.00118. The third kappa shape index (κ3) is 8.77. The number of rotatable bonds is 3. The molecule has 2 aliphatic rings. The monoisotopic (exact) mass is 945 g/mol. The molecule has 0 bridgehead atoms. The van der Waals surface area contributed by atoms with E-state index in [1.165, 1.54) is 110 Å². The molecule has 0 fully saturated rings. The fourth-order valence-corrected chi connectivity index (χ4v) is 11.9. The molecule has 0 spiro atoms. The molecule has 6 aromatic carbocycles. The third-order valence-corrected chi connectivity index (χ3v) is 16.6. The largest absolute Gasteiger partial charge is 0.311 e. The number of hydrogen-bond acceptors (Lipinski definition) is 3. The Balaban J connectivity index is 1.46. The molecule has 0 aliphatic carbocycles. The van der Waals surface area contributed by atoms with E-state index < -0.39 is 0 Å². The SMILES string of the molecule is CC(C)(C)c1ccc(N2c3cc(C(C)(C)C)cc4c3B(c3cc(C(C)(C)C)ccc3N4c3ccc(C(C)(C)C)cc3-c3cc(C(C)(C)C)cc(C(C)(C)C)c3)c3sc4ccc(C(C)(C)C)cc4c32)cc1. The second kappa shape index (κ2) is 16.2. The van der Waals surface area contributed by atoms with Gasteiger partial charge in [0.1, 0.15) is 0 Å². The maximum atomic E-state index is 2.69. The van der Waals surface area contributed by atoms with Crippen LogP contribution in [0.15, 0.2) is 109 Å². The Hall–Kier alpha value is -5.06. The van der Waals surface area contributed by atoms with Gasteiger partial charge in [-0.25, -0.2) is 0 Å². The van der Waals surface area contributed by atoms with Gasteiger partial charge < -0.3 is 9.80 Å². The van der Waals surface area contributed by atoms with Gasteiger partial charge in [0.15, 0.2) is 0 Å². The van der Waals surface area contributed by atoms with Crippen molar-refractivity contribution in [2.75, 3.05) is 9.80 Å². The summed E-state index contributed by atoms with van der Waals surface area (Å²) in [7, 11) is 0. The Labute approximate surface area is 428 Å². The molecule has 2 nitrogen and oxygen atoms in total. The summed E-state index contributed by atoms with van der Waals surface area (Å²) < 4.78 is 2.75. The standard InChI is InChI=1S/C66H81BN2S/c1-60(2,3)41-22-27-48(28-23-41)68-54-38-47(66(19,20)21)39-55-57(54)67(59-58(68)50-36-43(62(7,8)9)26-31-56(50)70-59)51-37-44(63(10,11)12)25-30-53(51)69(55)52-29-24-42(61(4,5)6)35-49(52)40-32-45(64(13,14)15)34-46(33-40)65(16,17)18/h22-39H,1-21H3. The lowest BCUT2D eigenvalue weighted by atomic mass is 9.36. The van der Waals surface area contributed by atoms with Crippen LogP contribution in [0.1, 0.15) is 184 Å². The minimum Gasteiger partial charge on any atom is -0.311 e. The third-order valence-electron chi connectivity index (χ3n) is 15.3. The van der Waals surface area contributed by atoms with E-state index >= 15 is 0 Å². The van der Waals surface area contributed by atoms with Gasteiger partial charge in [0.2, 0.25) is 0 Å². The molecule has 0 N–H and O–H groups in total. The quantitative estimate of drug-likeness (QED) is 0.163. The minimum atomic E-state index is -0.136. The topological polar surface area (TPSA) is 6.48 Å². The highest BCUT2D eigenvalue weighted by molar-refractivity contribution is 7.33. The van der Waals surface area contributed by atoms with Crippen molar-refractivity contribution in [3.8, 4) is 11.1 Å². The first-order valence-corrected chi connectivity index (χ1v) is 26.9. The van der Waals surface area contributed by atoms with E-state index in [4.69, 9.17) is 0 Å². The molecule has 9 rings (SSSR count). The summed E-state index contributed by atoms with van der Waals surface area (Å²) in [5.74, 6) is 0. The molecule has 7 aromatic rings. The molecule has 2 aliphatic heterocycles. The zero-order valence-corrected chi connectivity index (χ0v) is 47.6. The van der Waals surface area contributed by atoms with Gasteiger partial charge in [0.05, 0.1) is 11.4 Å². The molecule has 70 heavy (non-hydrogen) atoms. The molecular weight excluding hydrogens is 864 g/mol. The van der Waals surface area contributed by atoms with Gasteiger partial charge in [0.25, 0.3) is 6.71 Å². The predicted molar refractivity (Wildman–Crippen MR) is 312 cm³/mol. The second-order valence-electron chi connectivity index (χ2n) is 28.2. The van der Waals surface area contributed by atoms with Crippen molar-refractivity contribution in [2.24, 2.45) is 0 Å². The molecule has 0 unspecified atom stereocenters. The molecule has 0 amide bonds. The van der Waals surface area contributed by atoms with E-state index in [0.29, 0.717) is 0 Å². The van der Waals surface area contributed by atoms with Gasteiger partial charge in [-0.05, 0) is 148 Å². The second-order valence-corrected chi connectivity index (χ2v) is 29.2. The maximum Gasteiger partial charge on any atom is 0.264 e. The van der Waals surface area contributed by atoms with Crippen LogP contribution < -0.4 is 25.5 Å². The van der Waals surface area contributed by atoms with Crippen molar-refractivity contribution in [1.29, 1.82) is 0 Å². The molecule has 364 valence electrons. The Morgan fingerprint density at radius 1 is 0.357 bits per heavy atom. The molecule has 0 saturated carbocycles. The zero-order valence-electron chi connectivity index (χ0n) is 46.8. The highest BCUT2D eigenvalue weighted by Gasteiger charge is 2.47. The first-order chi connectivity index (χ1) is 32.1. The van der Waals surface area contributed by atoms with Crippen molar-refractivity contribution in [3.63, 3.8) is 0 Å². The van der Waals surface area contributed by atoms with Crippen LogP contribution in [0.4, 0.5) is 34.1 Å². The van der Waals surface area contributed by atoms with Gasteiger partial charge in [-0.15, -0.1) is 11.3 Å². The normalized spacial score (nSPS) is 14.6. The van der Waals surface area contributed by atoms with Crippen LogP contribution in [0.25, 0.3) is 21.2 Å². The van der Waals surface area contributed by atoms with Crippen LogP contribution in [-0.4, -0.2) is 6.71 Å². The molecule has 0 saturated heterocycles. The molecule has 0 atom stereocenters. The summed E-state index contributed by atoms with van der Waals surface area (Å²) in [5.41, 5.74) is 22.0. The van der Waals surface area contributed by atoms with Crippen LogP contribution in [0.2, 0.25) is 0 Å².